The molecule has 7 unspecified atom stereocenters. The third-order valence-electron chi connectivity index (χ3n) is 7.98. The molecule has 3 saturated heterocycles. The molecule has 2 amide bonds. The van der Waals surface area contributed by atoms with Crippen molar-refractivity contribution in [3.8, 4) is 0 Å². The van der Waals surface area contributed by atoms with Gasteiger partial charge in [0.05, 0.1) is 38.5 Å². The van der Waals surface area contributed by atoms with E-state index in [0.29, 0.717) is 0 Å². The number of carbonyl (C=O) groups is 3. The second-order valence-corrected chi connectivity index (χ2v) is 11.3. The molecule has 0 spiro atoms. The summed E-state index contributed by atoms with van der Waals surface area (Å²) in [5.74, 6) is -6.23. The fourth-order valence-electron chi connectivity index (χ4n) is 5.41. The minimum atomic E-state index is -2.85. The molecule has 15 N–H and O–H groups in total. The zero-order chi connectivity index (χ0) is 35.4. The van der Waals surface area contributed by atoms with Crippen LogP contribution in [0.15, 0.2) is 0 Å². The van der Waals surface area contributed by atoms with Gasteiger partial charge in [-0.1, -0.05) is 0 Å². The first-order valence-electron chi connectivity index (χ1n) is 14.5. The second-order valence-electron chi connectivity index (χ2n) is 11.3. The number of nitrogens with one attached hydrogen (secondary N) is 2. The first-order valence-corrected chi connectivity index (χ1v) is 14.5. The molecule has 272 valence electrons. The van der Waals surface area contributed by atoms with E-state index in [1.54, 1.807) is 0 Å². The number of carboxylic acids is 1. The predicted octanol–water partition coefficient (Wildman–Crippen LogP) is -9.14. The Morgan fingerprint density at radius 1 is 0.936 bits per heavy atom. The fraction of sp³-hybridized carbons (Fsp3) is 0.880. The summed E-state index contributed by atoms with van der Waals surface area (Å²) in [4.78, 5) is 35.8. The smallest absolute Gasteiger partial charge is 0.364 e. The maximum atomic E-state index is 12.4. The van der Waals surface area contributed by atoms with Gasteiger partial charge < -0.3 is 96.2 Å². The van der Waals surface area contributed by atoms with Crippen LogP contribution in [0.25, 0.3) is 0 Å². The van der Waals surface area contributed by atoms with Gasteiger partial charge in [0.2, 0.25) is 11.8 Å². The van der Waals surface area contributed by atoms with E-state index in [2.05, 4.69) is 10.6 Å². The molecule has 0 radical (unpaired) electrons. The summed E-state index contributed by atoms with van der Waals surface area (Å²) in [6, 6.07) is -1.49. The van der Waals surface area contributed by atoms with Crippen LogP contribution >= 0.6 is 0 Å². The topological polar surface area (TPSA) is 370 Å². The highest BCUT2D eigenvalue weighted by Gasteiger charge is 2.57. The number of aliphatic hydroxyl groups is 10. The van der Waals surface area contributed by atoms with Crippen LogP contribution in [0.5, 0.6) is 0 Å². The van der Waals surface area contributed by atoms with Crippen molar-refractivity contribution in [1.29, 1.82) is 0 Å². The fourth-order valence-corrected chi connectivity index (χ4v) is 5.41. The number of amides is 2. The van der Waals surface area contributed by atoms with Gasteiger partial charge in [0.1, 0.15) is 67.1 Å². The second kappa shape index (κ2) is 16.4. The number of carboxylic acid groups (broad SMARTS) is 1. The largest absolute Gasteiger partial charge is 0.477 e. The maximum Gasteiger partial charge on any atom is 0.364 e. The lowest BCUT2D eigenvalue weighted by Crippen LogP contribution is -2.68. The molecule has 3 heterocycles. The van der Waals surface area contributed by atoms with E-state index in [0.717, 1.165) is 6.92 Å². The van der Waals surface area contributed by atoms with Crippen LogP contribution in [0.1, 0.15) is 13.3 Å². The van der Waals surface area contributed by atoms with Crippen molar-refractivity contribution in [3.63, 3.8) is 0 Å². The Hall–Kier alpha value is -2.23. The highest BCUT2D eigenvalue weighted by atomic mass is 16.8. The van der Waals surface area contributed by atoms with Crippen molar-refractivity contribution in [2.75, 3.05) is 26.4 Å². The number of carbonyl (C=O) groups excluding carboxylic acids is 2. The predicted molar refractivity (Wildman–Crippen MR) is 145 cm³/mol. The van der Waals surface area contributed by atoms with Crippen molar-refractivity contribution in [2.45, 2.75) is 111 Å². The Kier molecular flexibility index (Phi) is 13.7. The number of nitrogens with two attached hydrogens (primary N) is 1. The highest BCUT2D eigenvalue weighted by molar-refractivity contribution is 5.78. The van der Waals surface area contributed by atoms with Gasteiger partial charge in [-0.15, -0.1) is 0 Å². The van der Waals surface area contributed by atoms with Gasteiger partial charge >= 0.3 is 5.97 Å². The molecule has 3 aliphatic rings. The minimum Gasteiger partial charge on any atom is -0.477 e. The molecule has 0 aliphatic carbocycles. The summed E-state index contributed by atoms with van der Waals surface area (Å²) in [6.45, 7) is -2.31. The molecule has 0 aromatic carbocycles. The van der Waals surface area contributed by atoms with Crippen molar-refractivity contribution in [1.82, 2.24) is 10.6 Å². The summed E-state index contributed by atoms with van der Waals surface area (Å²) >= 11 is 0. The van der Waals surface area contributed by atoms with Crippen molar-refractivity contribution in [2.24, 2.45) is 5.73 Å². The van der Waals surface area contributed by atoms with Gasteiger partial charge in [-0.3, -0.25) is 9.59 Å². The standard InChI is InChI=1S/C25H43N3O19/c1-7(31)27-13-8(32)2-25(24(41)42,47-21(13)14(35)9(33)4-29)43-6-11-15(36)16(37)19(40)23(45-11)46-20-10(5-30)44-22(18(39)17(20)38)28-12(34)3-26/h8-11,13-23,29-30,32-33,35-40H,2-6,26H2,1H3,(H,27,31)(H,28,34)(H,41,42)/t8?,9-,10?,11?,13-,14-,15+,16+,17-,18?,19?,20-,21?,22?,23+,25-/m1/s1. The molecule has 0 saturated carbocycles. The van der Waals surface area contributed by atoms with Gasteiger partial charge in [0.15, 0.2) is 12.5 Å². The average molecular weight is 690 g/mol. The van der Waals surface area contributed by atoms with Gasteiger partial charge in [-0.2, -0.15) is 0 Å². The molecule has 3 aliphatic heterocycles. The zero-order valence-electron chi connectivity index (χ0n) is 25.0. The van der Waals surface area contributed by atoms with Gasteiger partial charge in [-0.05, 0) is 0 Å². The van der Waals surface area contributed by atoms with Crippen molar-refractivity contribution >= 4 is 17.8 Å². The number of hydrogen-bond acceptors (Lipinski definition) is 19. The third kappa shape index (κ3) is 8.69. The van der Waals surface area contributed by atoms with E-state index < -0.39 is 148 Å². The molecule has 0 bridgehead atoms. The Balaban J connectivity index is 1.80. The number of aliphatic carboxylic acids is 1. The lowest BCUT2D eigenvalue weighted by atomic mass is 9.88. The van der Waals surface area contributed by atoms with Crippen LogP contribution in [-0.2, 0) is 38.1 Å². The van der Waals surface area contributed by atoms with Crippen LogP contribution in [0.3, 0.4) is 0 Å². The first kappa shape index (κ1) is 39.2. The first-order chi connectivity index (χ1) is 22.0. The monoisotopic (exact) mass is 689 g/mol. The molecule has 0 aromatic rings. The summed E-state index contributed by atoms with van der Waals surface area (Å²) in [7, 11) is 0. The minimum absolute atomic E-state index is 0.493. The molecule has 47 heavy (non-hydrogen) atoms. The molecule has 16 atom stereocenters. The quantitative estimate of drug-likeness (QED) is 0.0853. The Bertz CT molecular complexity index is 1070. The zero-order valence-corrected chi connectivity index (χ0v) is 25.0. The number of aliphatic hydroxyl groups excluding tert-OH is 10. The van der Waals surface area contributed by atoms with E-state index in [4.69, 9.17) is 29.4 Å². The Morgan fingerprint density at radius 3 is 2.15 bits per heavy atom. The highest BCUT2D eigenvalue weighted by Crippen LogP contribution is 2.35. The molecule has 22 nitrogen and oxygen atoms in total. The van der Waals surface area contributed by atoms with Gasteiger partial charge in [0.25, 0.3) is 5.79 Å². The number of ether oxygens (including phenoxy) is 5. The summed E-state index contributed by atoms with van der Waals surface area (Å²) in [5.41, 5.74) is 5.22. The van der Waals surface area contributed by atoms with Crippen LogP contribution in [-0.4, -0.2) is 198 Å². The Labute approximate surface area is 266 Å². The van der Waals surface area contributed by atoms with Crippen LogP contribution in [0.2, 0.25) is 0 Å². The van der Waals surface area contributed by atoms with Crippen LogP contribution in [0, 0.1) is 0 Å². The average Bonchev–Trinajstić information content (AvgIpc) is 3.03. The van der Waals surface area contributed by atoms with Crippen molar-refractivity contribution in [3.05, 3.63) is 0 Å². The van der Waals surface area contributed by atoms with E-state index in [1.165, 1.54) is 0 Å². The molecular weight excluding hydrogens is 646 g/mol. The summed E-state index contributed by atoms with van der Waals surface area (Å²) in [6.07, 6.45) is -26.8. The lowest BCUT2D eigenvalue weighted by Gasteiger charge is -2.48. The number of hydrogen-bond donors (Lipinski definition) is 14. The molecule has 0 aromatic heterocycles. The van der Waals surface area contributed by atoms with Gasteiger partial charge in [0, 0.05) is 13.3 Å². The Morgan fingerprint density at radius 2 is 1.60 bits per heavy atom. The number of rotatable bonds is 13. The summed E-state index contributed by atoms with van der Waals surface area (Å²) < 4.78 is 27.3. The van der Waals surface area contributed by atoms with Crippen LogP contribution < -0.4 is 16.4 Å². The lowest BCUT2D eigenvalue weighted by molar-refractivity contribution is -0.357. The van der Waals surface area contributed by atoms with E-state index >= 15 is 0 Å². The SMILES string of the molecule is CC(=O)N[C@@H]1C(O)C[C@](OCC2O[C@@H](O[C@@H]3C(CO)OC(NC(=O)CN)C(O)[C@H]3O)C(O)[C@@H](O)[C@H]2O)(C(=O)O)OC1[C@H](O)[C@H](O)CO. The van der Waals surface area contributed by atoms with E-state index in [1.807, 2.05) is 0 Å². The molecule has 3 rings (SSSR count). The molecule has 22 heteroatoms. The summed E-state index contributed by atoms with van der Waals surface area (Å²) in [5, 5.41) is 118. The maximum absolute atomic E-state index is 12.4. The van der Waals surface area contributed by atoms with E-state index in [-0.39, 0.29) is 0 Å². The van der Waals surface area contributed by atoms with Gasteiger partial charge in [-0.25, -0.2) is 4.79 Å². The normalized spacial score (nSPS) is 42.3. The van der Waals surface area contributed by atoms with E-state index in [9.17, 15) is 70.6 Å². The molecule has 3 fully saturated rings. The third-order valence-corrected chi connectivity index (χ3v) is 7.98. The molecular formula is C25H43N3O19. The van der Waals surface area contributed by atoms with Crippen LogP contribution in [0.4, 0.5) is 0 Å². The van der Waals surface area contributed by atoms with Crippen molar-refractivity contribution < 1.29 is 94.2 Å².